The molecule has 0 atom stereocenters. The molecule has 11 nitrogen and oxygen atoms in total. The van der Waals surface area contributed by atoms with Crippen molar-refractivity contribution < 1.29 is 44.5 Å². The van der Waals surface area contributed by atoms with Gasteiger partial charge in [-0.15, -0.1) is 0 Å². The summed E-state index contributed by atoms with van der Waals surface area (Å²) in [4.78, 5) is 51.4. The third-order valence-electron chi connectivity index (χ3n) is 2.98. The van der Waals surface area contributed by atoms with Crippen LogP contribution in [0.5, 0.6) is 0 Å². The van der Waals surface area contributed by atoms with Crippen LogP contribution < -0.4 is 0 Å². The maximum Gasteiger partial charge on any atom is 0.335 e. The fourth-order valence-electron chi connectivity index (χ4n) is 1.75. The van der Waals surface area contributed by atoms with Crippen LogP contribution in [-0.4, -0.2) is 49.2 Å². The van der Waals surface area contributed by atoms with E-state index in [1.807, 2.05) is 0 Å². The molecule has 2 aromatic carbocycles. The van der Waals surface area contributed by atoms with Gasteiger partial charge in [0.2, 0.25) is 0 Å². The lowest BCUT2D eigenvalue weighted by atomic mass is 10.1. The van der Waals surface area contributed by atoms with E-state index in [1.54, 1.807) is 0 Å². The molecule has 0 saturated carbocycles. The van der Waals surface area contributed by atoms with E-state index >= 15 is 0 Å². The number of carboxylic acid groups (broad SMARTS) is 4. The van der Waals surface area contributed by atoms with Crippen LogP contribution in [0.15, 0.2) is 42.5 Å². The molecule has 0 bridgehead atoms. The monoisotopic (exact) mass is 377 g/mol. The first-order valence-corrected chi connectivity index (χ1v) is 6.85. The summed E-state index contributed by atoms with van der Waals surface area (Å²) >= 11 is 0. The predicted octanol–water partition coefficient (Wildman–Crippen LogP) is 2.07. The van der Waals surface area contributed by atoms with Gasteiger partial charge < -0.3 is 20.4 Å². The van der Waals surface area contributed by atoms with Gasteiger partial charge in [0.15, 0.2) is 0 Å². The minimum absolute atomic E-state index is 0.0186. The normalized spacial score (nSPS) is 9.48. The molecule has 0 radical (unpaired) electrons. The first-order chi connectivity index (χ1) is 12.5. The van der Waals surface area contributed by atoms with Gasteiger partial charge in [-0.05, 0) is 24.3 Å². The van der Waals surface area contributed by atoms with E-state index in [0.29, 0.717) is 0 Å². The Labute approximate surface area is 149 Å². The van der Waals surface area contributed by atoms with E-state index in [9.17, 15) is 29.3 Å². The Morgan fingerprint density at radius 3 is 1.30 bits per heavy atom. The summed E-state index contributed by atoms with van der Waals surface area (Å²) < 4.78 is 0. The van der Waals surface area contributed by atoms with E-state index < -0.39 is 45.6 Å². The molecule has 4 N–H and O–H groups in total. The molecule has 0 heterocycles. The molecule has 11 heteroatoms. The zero-order valence-corrected chi connectivity index (χ0v) is 13.2. The second kappa shape index (κ2) is 8.71. The third-order valence-corrected chi connectivity index (χ3v) is 2.98. The summed E-state index contributed by atoms with van der Waals surface area (Å²) in [5.74, 6) is -5.08. The van der Waals surface area contributed by atoms with E-state index in [1.165, 1.54) is 18.2 Å². The molecule has 0 aliphatic heterocycles. The van der Waals surface area contributed by atoms with Crippen LogP contribution in [0.1, 0.15) is 41.4 Å². The van der Waals surface area contributed by atoms with Crippen molar-refractivity contribution in [2.45, 2.75) is 0 Å². The summed E-state index contributed by atoms with van der Waals surface area (Å²) in [5, 5.41) is 44.5. The first kappa shape index (κ1) is 20.8. The largest absolute Gasteiger partial charge is 0.478 e. The summed E-state index contributed by atoms with van der Waals surface area (Å²) in [5.41, 5.74) is -1.46. The summed E-state index contributed by atoms with van der Waals surface area (Å²) in [6.07, 6.45) is 0. The van der Waals surface area contributed by atoms with Gasteiger partial charge in [0.05, 0.1) is 27.2 Å². The topological polar surface area (TPSA) is 192 Å². The number of carboxylic acids is 4. The smallest absolute Gasteiger partial charge is 0.335 e. The molecule has 0 unspecified atom stereocenters. The van der Waals surface area contributed by atoms with Gasteiger partial charge in [-0.3, -0.25) is 10.1 Å². The quantitative estimate of drug-likeness (QED) is 0.442. The lowest BCUT2D eigenvalue weighted by Crippen LogP contribution is -2.04. The third kappa shape index (κ3) is 5.94. The number of nitro groups is 1. The average molecular weight is 377 g/mol. The number of nitro benzene ring substituents is 1. The standard InChI is InChI=1S/C8H5NO6.C8H6O4/c10-7(11)4-1-5(8(12)13)3-6(2-4)9(14)15;9-7(10)5-2-1-3-6(4-5)8(11)12/h1-3H,(H,10,11)(H,12,13);1-4H,(H,9,10)(H,11,12). The molecule has 0 saturated heterocycles. The van der Waals surface area contributed by atoms with Crippen LogP contribution in [0.2, 0.25) is 0 Å². The highest BCUT2D eigenvalue weighted by Crippen LogP contribution is 2.17. The Morgan fingerprint density at radius 1 is 0.667 bits per heavy atom. The highest BCUT2D eigenvalue weighted by atomic mass is 16.6. The second-order valence-corrected chi connectivity index (χ2v) is 4.83. The second-order valence-electron chi connectivity index (χ2n) is 4.83. The Bertz CT molecular complexity index is 826. The number of carbonyl (C=O) groups is 4. The number of benzene rings is 2. The van der Waals surface area contributed by atoms with E-state index in [0.717, 1.165) is 24.3 Å². The number of hydrogen-bond donors (Lipinski definition) is 4. The Balaban J connectivity index is 0.000000277. The van der Waals surface area contributed by atoms with Crippen LogP contribution in [0.25, 0.3) is 0 Å². The number of nitrogens with zero attached hydrogens (tertiary/aromatic N) is 1. The van der Waals surface area contributed by atoms with Gasteiger partial charge in [-0.25, -0.2) is 19.2 Å². The van der Waals surface area contributed by atoms with Gasteiger partial charge in [0.25, 0.3) is 5.69 Å². The molecular formula is C16H11NO10. The first-order valence-electron chi connectivity index (χ1n) is 6.85. The van der Waals surface area contributed by atoms with Crippen molar-refractivity contribution in [1.82, 2.24) is 0 Å². The maximum atomic E-state index is 10.5. The highest BCUT2D eigenvalue weighted by Gasteiger charge is 2.16. The molecule has 0 aliphatic carbocycles. The van der Waals surface area contributed by atoms with Gasteiger partial charge in [0, 0.05) is 12.1 Å². The molecule has 0 spiro atoms. The van der Waals surface area contributed by atoms with Gasteiger partial charge in [0.1, 0.15) is 0 Å². The maximum absolute atomic E-state index is 10.5. The Kier molecular flexibility index (Phi) is 6.70. The molecule has 2 aromatic rings. The fraction of sp³-hybridized carbons (Fsp3) is 0. The van der Waals surface area contributed by atoms with Gasteiger partial charge >= 0.3 is 23.9 Å². The van der Waals surface area contributed by atoms with Crippen molar-refractivity contribution >= 4 is 29.6 Å². The Morgan fingerprint density at radius 2 is 1.00 bits per heavy atom. The van der Waals surface area contributed by atoms with Gasteiger partial charge in [-0.1, -0.05) is 6.07 Å². The summed E-state index contributed by atoms with van der Waals surface area (Å²) in [6, 6.07) is 7.66. The number of hydrogen-bond acceptors (Lipinski definition) is 6. The minimum atomic E-state index is -1.42. The number of aromatic carboxylic acids is 4. The summed E-state index contributed by atoms with van der Waals surface area (Å²) in [6.45, 7) is 0. The van der Waals surface area contributed by atoms with Gasteiger partial charge in [-0.2, -0.15) is 0 Å². The van der Waals surface area contributed by atoms with Crippen molar-refractivity contribution in [2.24, 2.45) is 0 Å². The Hall–Kier alpha value is -4.28. The number of non-ortho nitro benzene ring substituents is 1. The zero-order chi connectivity index (χ0) is 20.7. The van der Waals surface area contributed by atoms with Crippen LogP contribution in [0.3, 0.4) is 0 Å². The van der Waals surface area contributed by atoms with E-state index in [2.05, 4.69) is 0 Å². The predicted molar refractivity (Wildman–Crippen MR) is 87.4 cm³/mol. The van der Waals surface area contributed by atoms with Crippen LogP contribution in [-0.2, 0) is 0 Å². The lowest BCUT2D eigenvalue weighted by Gasteiger charge is -1.98. The fourth-order valence-corrected chi connectivity index (χ4v) is 1.75. The molecule has 140 valence electrons. The molecule has 0 aliphatic rings. The molecule has 2 rings (SSSR count). The SMILES string of the molecule is O=C(O)c1cc(C(=O)O)cc([N+](=O)[O-])c1.O=C(O)c1cccc(C(=O)O)c1. The summed E-state index contributed by atoms with van der Waals surface area (Å²) in [7, 11) is 0. The van der Waals surface area contributed by atoms with Crippen molar-refractivity contribution in [3.63, 3.8) is 0 Å². The number of rotatable bonds is 5. The molecule has 0 fully saturated rings. The molecule has 0 amide bonds. The van der Waals surface area contributed by atoms with Crippen molar-refractivity contribution in [3.8, 4) is 0 Å². The minimum Gasteiger partial charge on any atom is -0.478 e. The zero-order valence-electron chi connectivity index (χ0n) is 13.2. The lowest BCUT2D eigenvalue weighted by molar-refractivity contribution is -0.384. The van der Waals surface area contributed by atoms with Crippen molar-refractivity contribution in [3.05, 3.63) is 74.8 Å². The van der Waals surface area contributed by atoms with Crippen LogP contribution in [0.4, 0.5) is 5.69 Å². The van der Waals surface area contributed by atoms with Crippen molar-refractivity contribution in [1.29, 1.82) is 0 Å². The van der Waals surface area contributed by atoms with E-state index in [-0.39, 0.29) is 11.1 Å². The molecule has 0 aromatic heterocycles. The van der Waals surface area contributed by atoms with Crippen LogP contribution in [0, 0.1) is 10.1 Å². The highest BCUT2D eigenvalue weighted by molar-refractivity contribution is 5.95. The molecule has 27 heavy (non-hydrogen) atoms. The molecular weight excluding hydrogens is 366 g/mol. The van der Waals surface area contributed by atoms with Crippen molar-refractivity contribution in [2.75, 3.05) is 0 Å². The average Bonchev–Trinajstić information content (AvgIpc) is 2.61. The van der Waals surface area contributed by atoms with Crippen LogP contribution >= 0.6 is 0 Å². The van der Waals surface area contributed by atoms with E-state index in [4.69, 9.17) is 20.4 Å².